The number of nitrogens with zero attached hydrogens (tertiary/aromatic N) is 5. The first-order chi connectivity index (χ1) is 9.79. The summed E-state index contributed by atoms with van der Waals surface area (Å²) in [5, 5.41) is 15.7. The third-order valence-electron chi connectivity index (χ3n) is 3.08. The molecule has 7 heteroatoms. The van der Waals surface area contributed by atoms with Crippen LogP contribution >= 0.6 is 0 Å². The fourth-order valence-electron chi connectivity index (χ4n) is 2.21. The van der Waals surface area contributed by atoms with Gasteiger partial charge in [-0.2, -0.15) is 10.2 Å². The summed E-state index contributed by atoms with van der Waals surface area (Å²) in [6.07, 6.45) is 5.25. The minimum absolute atomic E-state index is 0.663. The highest BCUT2D eigenvalue weighted by Crippen LogP contribution is 2.23. The Morgan fingerprint density at radius 2 is 2.10 bits per heavy atom. The van der Waals surface area contributed by atoms with Gasteiger partial charge in [0.2, 0.25) is 0 Å². The first-order valence-electron chi connectivity index (χ1n) is 6.15. The van der Waals surface area contributed by atoms with Crippen molar-refractivity contribution in [2.45, 2.75) is 0 Å². The number of aromatic amines is 1. The van der Waals surface area contributed by atoms with Gasteiger partial charge in [0.15, 0.2) is 17.0 Å². The van der Waals surface area contributed by atoms with E-state index < -0.39 is 0 Å². The number of nitrogens with one attached hydrogen (secondary N) is 2. The van der Waals surface area contributed by atoms with E-state index >= 15 is 0 Å². The highest BCUT2D eigenvalue weighted by molar-refractivity contribution is 5.87. The molecule has 0 atom stereocenters. The van der Waals surface area contributed by atoms with Crippen molar-refractivity contribution in [1.29, 1.82) is 0 Å². The van der Waals surface area contributed by atoms with Crippen molar-refractivity contribution in [2.75, 3.05) is 5.32 Å². The van der Waals surface area contributed by atoms with Crippen LogP contribution in [0, 0.1) is 0 Å². The first kappa shape index (κ1) is 10.9. The minimum atomic E-state index is 0.663. The summed E-state index contributed by atoms with van der Waals surface area (Å²) >= 11 is 0. The highest BCUT2D eigenvalue weighted by atomic mass is 15.2. The number of hydrogen-bond donors (Lipinski definition) is 2. The predicted molar refractivity (Wildman–Crippen MR) is 75.7 cm³/mol. The number of anilines is 2. The zero-order chi connectivity index (χ0) is 13.5. The van der Waals surface area contributed by atoms with E-state index in [2.05, 4.69) is 30.6 Å². The smallest absolute Gasteiger partial charge is 0.180 e. The summed E-state index contributed by atoms with van der Waals surface area (Å²) in [6.45, 7) is 0. The quantitative estimate of drug-likeness (QED) is 0.579. The van der Waals surface area contributed by atoms with E-state index in [4.69, 9.17) is 0 Å². The van der Waals surface area contributed by atoms with E-state index in [1.165, 1.54) is 0 Å². The van der Waals surface area contributed by atoms with Gasteiger partial charge in [0.05, 0.1) is 5.52 Å². The van der Waals surface area contributed by atoms with Gasteiger partial charge in [-0.15, -0.1) is 0 Å². The van der Waals surface area contributed by atoms with Gasteiger partial charge in [-0.05, 0) is 18.2 Å². The predicted octanol–water partition coefficient (Wildman–Crippen LogP) is 1.98. The molecule has 0 aliphatic rings. The number of aryl methyl sites for hydroxylation is 1. The monoisotopic (exact) mass is 265 g/mol. The van der Waals surface area contributed by atoms with Gasteiger partial charge in [-0.1, -0.05) is 0 Å². The topological polar surface area (TPSA) is 84.3 Å². The van der Waals surface area contributed by atoms with Gasteiger partial charge >= 0.3 is 0 Å². The molecule has 2 N–H and O–H groups in total. The largest absolute Gasteiger partial charge is 0.337 e. The zero-order valence-electron chi connectivity index (χ0n) is 10.7. The molecular weight excluding hydrogens is 254 g/mol. The second kappa shape index (κ2) is 4.02. The summed E-state index contributed by atoms with van der Waals surface area (Å²) in [5.74, 6) is 0.663. The SMILES string of the molecule is Cn1cc2cc(Nc3n[nH]c4nccnc34)ccc2n1. The van der Waals surface area contributed by atoms with Crippen molar-refractivity contribution >= 4 is 33.6 Å². The van der Waals surface area contributed by atoms with Gasteiger partial charge < -0.3 is 5.32 Å². The van der Waals surface area contributed by atoms with E-state index in [1.807, 2.05) is 31.4 Å². The lowest BCUT2D eigenvalue weighted by Gasteiger charge is -2.02. The molecule has 4 rings (SSSR count). The summed E-state index contributed by atoms with van der Waals surface area (Å²) in [7, 11) is 1.91. The van der Waals surface area contributed by atoms with E-state index in [0.29, 0.717) is 11.5 Å². The second-order valence-electron chi connectivity index (χ2n) is 4.53. The molecular formula is C13H11N7. The molecule has 0 spiro atoms. The maximum Gasteiger partial charge on any atom is 0.180 e. The minimum Gasteiger partial charge on any atom is -0.337 e. The third kappa shape index (κ3) is 1.68. The molecule has 4 aromatic rings. The Morgan fingerprint density at radius 1 is 1.20 bits per heavy atom. The lowest BCUT2D eigenvalue weighted by atomic mass is 10.2. The molecule has 3 aromatic heterocycles. The van der Waals surface area contributed by atoms with Crippen LogP contribution < -0.4 is 5.32 Å². The Hall–Kier alpha value is -2.96. The van der Waals surface area contributed by atoms with Gasteiger partial charge in [-0.25, -0.2) is 9.97 Å². The molecule has 0 radical (unpaired) electrons. The first-order valence-corrected chi connectivity index (χ1v) is 6.15. The van der Waals surface area contributed by atoms with Crippen molar-refractivity contribution in [2.24, 2.45) is 7.05 Å². The van der Waals surface area contributed by atoms with Crippen molar-refractivity contribution in [3.8, 4) is 0 Å². The number of rotatable bonds is 2. The molecule has 0 unspecified atom stereocenters. The zero-order valence-corrected chi connectivity index (χ0v) is 10.7. The van der Waals surface area contributed by atoms with Crippen LogP contribution in [-0.4, -0.2) is 29.9 Å². The van der Waals surface area contributed by atoms with Crippen LogP contribution in [0.25, 0.3) is 22.1 Å². The van der Waals surface area contributed by atoms with Crippen LogP contribution in [0.15, 0.2) is 36.8 Å². The van der Waals surface area contributed by atoms with Crippen molar-refractivity contribution in [1.82, 2.24) is 29.9 Å². The highest BCUT2D eigenvalue weighted by Gasteiger charge is 2.08. The Balaban J connectivity index is 1.76. The van der Waals surface area contributed by atoms with Crippen LogP contribution in [-0.2, 0) is 7.05 Å². The fourth-order valence-corrected chi connectivity index (χ4v) is 2.21. The molecule has 0 fully saturated rings. The van der Waals surface area contributed by atoms with E-state index in [9.17, 15) is 0 Å². The average molecular weight is 265 g/mol. The molecule has 0 saturated carbocycles. The number of hydrogen-bond acceptors (Lipinski definition) is 5. The summed E-state index contributed by atoms with van der Waals surface area (Å²) in [6, 6.07) is 5.96. The Morgan fingerprint density at radius 3 is 3.05 bits per heavy atom. The number of benzene rings is 1. The van der Waals surface area contributed by atoms with E-state index in [-0.39, 0.29) is 0 Å². The summed E-state index contributed by atoms with van der Waals surface area (Å²) in [5.41, 5.74) is 3.28. The standard InChI is InChI=1S/C13H11N7/c1-20-7-8-6-9(2-3-10(8)19-20)16-13-11-12(17-18-13)15-5-4-14-11/h2-7H,1H3,(H2,15,16,17,18). The van der Waals surface area contributed by atoms with Gasteiger partial charge in [0.1, 0.15) is 0 Å². The molecule has 7 nitrogen and oxygen atoms in total. The molecule has 20 heavy (non-hydrogen) atoms. The molecule has 98 valence electrons. The molecule has 0 bridgehead atoms. The normalized spacial score (nSPS) is 11.2. The molecule has 3 heterocycles. The maximum absolute atomic E-state index is 4.35. The van der Waals surface area contributed by atoms with Crippen molar-refractivity contribution in [3.05, 3.63) is 36.8 Å². The van der Waals surface area contributed by atoms with Crippen LogP contribution in [0.2, 0.25) is 0 Å². The van der Waals surface area contributed by atoms with Crippen molar-refractivity contribution < 1.29 is 0 Å². The number of fused-ring (bicyclic) bond motifs is 2. The van der Waals surface area contributed by atoms with Crippen LogP contribution in [0.1, 0.15) is 0 Å². The Bertz CT molecular complexity index is 905. The maximum atomic E-state index is 4.35. The lowest BCUT2D eigenvalue weighted by Crippen LogP contribution is -1.91. The third-order valence-corrected chi connectivity index (χ3v) is 3.08. The van der Waals surface area contributed by atoms with Gasteiger partial charge in [-0.3, -0.25) is 9.78 Å². The lowest BCUT2D eigenvalue weighted by molar-refractivity contribution is 0.780. The van der Waals surface area contributed by atoms with Crippen LogP contribution in [0.5, 0.6) is 0 Å². The molecule has 1 aromatic carbocycles. The summed E-state index contributed by atoms with van der Waals surface area (Å²) < 4.78 is 1.80. The molecule has 0 saturated heterocycles. The van der Waals surface area contributed by atoms with Crippen LogP contribution in [0.4, 0.5) is 11.5 Å². The fraction of sp³-hybridized carbons (Fsp3) is 0.0769. The Kier molecular flexibility index (Phi) is 2.19. The average Bonchev–Trinajstić information content (AvgIpc) is 3.02. The molecule has 0 amide bonds. The van der Waals surface area contributed by atoms with E-state index in [1.54, 1.807) is 17.1 Å². The van der Waals surface area contributed by atoms with Gasteiger partial charge in [0, 0.05) is 36.7 Å². The molecule has 0 aliphatic carbocycles. The summed E-state index contributed by atoms with van der Waals surface area (Å²) in [4.78, 5) is 8.43. The molecule has 0 aliphatic heterocycles. The second-order valence-corrected chi connectivity index (χ2v) is 4.53. The van der Waals surface area contributed by atoms with Crippen LogP contribution in [0.3, 0.4) is 0 Å². The number of aromatic nitrogens is 6. The van der Waals surface area contributed by atoms with Gasteiger partial charge in [0.25, 0.3) is 0 Å². The van der Waals surface area contributed by atoms with E-state index in [0.717, 1.165) is 22.1 Å². The Labute approximate surface area is 113 Å². The number of H-pyrrole nitrogens is 1. The van der Waals surface area contributed by atoms with Crippen molar-refractivity contribution in [3.63, 3.8) is 0 Å².